The normalized spacial score (nSPS) is 10.7. The van der Waals surface area contributed by atoms with Gasteiger partial charge in [-0.25, -0.2) is 4.98 Å². The summed E-state index contributed by atoms with van der Waals surface area (Å²) in [6.45, 7) is 6.27. The lowest BCUT2D eigenvalue weighted by molar-refractivity contribution is -0.137. The van der Waals surface area contributed by atoms with Gasteiger partial charge in [0, 0.05) is 13.1 Å². The van der Waals surface area contributed by atoms with Crippen molar-refractivity contribution in [3.05, 3.63) is 17.8 Å². The van der Waals surface area contributed by atoms with Crippen LogP contribution in [0.25, 0.3) is 0 Å². The third-order valence-corrected chi connectivity index (χ3v) is 2.42. The highest BCUT2D eigenvalue weighted by molar-refractivity contribution is 5.93. The zero-order chi connectivity index (χ0) is 13.7. The van der Waals surface area contributed by atoms with Gasteiger partial charge in [0.05, 0.1) is 6.42 Å². The predicted molar refractivity (Wildman–Crippen MR) is 64.2 cm³/mol. The standard InChI is InChI=1S/C12H18N2O4/c1-8(2)6-14(5-4-10(15)16)12(17)11-9(3)18-7-13-11/h7-8H,4-6H2,1-3H3,(H,15,16). The van der Waals surface area contributed by atoms with E-state index in [1.807, 2.05) is 13.8 Å². The molecule has 0 aliphatic rings. The van der Waals surface area contributed by atoms with Crippen LogP contribution in [0.3, 0.4) is 0 Å². The molecule has 1 rings (SSSR count). The maximum absolute atomic E-state index is 12.2. The van der Waals surface area contributed by atoms with Crippen LogP contribution in [-0.4, -0.2) is 40.0 Å². The summed E-state index contributed by atoms with van der Waals surface area (Å²) in [4.78, 5) is 28.1. The molecule has 1 aromatic heterocycles. The Morgan fingerprint density at radius 1 is 1.50 bits per heavy atom. The average molecular weight is 254 g/mol. The molecule has 0 radical (unpaired) electrons. The van der Waals surface area contributed by atoms with Gasteiger partial charge in [-0.15, -0.1) is 0 Å². The minimum atomic E-state index is -0.923. The summed E-state index contributed by atoms with van der Waals surface area (Å²) in [5.41, 5.74) is 0.251. The molecule has 0 saturated heterocycles. The number of carboxylic acids is 1. The first-order valence-corrected chi connectivity index (χ1v) is 5.83. The number of amides is 1. The zero-order valence-electron chi connectivity index (χ0n) is 10.8. The summed E-state index contributed by atoms with van der Waals surface area (Å²) in [7, 11) is 0. The second-order valence-electron chi connectivity index (χ2n) is 4.55. The van der Waals surface area contributed by atoms with Crippen molar-refractivity contribution in [1.29, 1.82) is 0 Å². The molecule has 1 aromatic rings. The highest BCUT2D eigenvalue weighted by Gasteiger charge is 2.22. The van der Waals surface area contributed by atoms with Crippen LogP contribution >= 0.6 is 0 Å². The van der Waals surface area contributed by atoms with Crippen LogP contribution in [0, 0.1) is 12.8 Å². The number of aliphatic carboxylic acids is 1. The van der Waals surface area contributed by atoms with E-state index in [-0.39, 0.29) is 30.5 Å². The summed E-state index contributed by atoms with van der Waals surface area (Å²) in [6, 6.07) is 0. The lowest BCUT2D eigenvalue weighted by Gasteiger charge is -2.23. The summed E-state index contributed by atoms with van der Waals surface area (Å²) < 4.78 is 4.99. The lowest BCUT2D eigenvalue weighted by atomic mass is 10.2. The first-order valence-electron chi connectivity index (χ1n) is 5.83. The number of hydrogen-bond donors (Lipinski definition) is 1. The number of carbonyl (C=O) groups is 2. The molecule has 6 nitrogen and oxygen atoms in total. The van der Waals surface area contributed by atoms with Gasteiger partial charge in [-0.05, 0) is 12.8 Å². The molecule has 0 bridgehead atoms. The Morgan fingerprint density at radius 3 is 2.61 bits per heavy atom. The number of aromatic nitrogens is 1. The van der Waals surface area contributed by atoms with Gasteiger partial charge in [-0.2, -0.15) is 0 Å². The summed E-state index contributed by atoms with van der Waals surface area (Å²) in [6.07, 6.45) is 1.14. The Hall–Kier alpha value is -1.85. The molecule has 1 N–H and O–H groups in total. The maximum Gasteiger partial charge on any atom is 0.305 e. The monoisotopic (exact) mass is 254 g/mol. The number of rotatable bonds is 6. The third-order valence-electron chi connectivity index (χ3n) is 2.42. The molecule has 0 atom stereocenters. The van der Waals surface area contributed by atoms with Crippen LogP contribution in [0.15, 0.2) is 10.8 Å². The Balaban J connectivity index is 2.78. The second-order valence-corrected chi connectivity index (χ2v) is 4.55. The number of carboxylic acid groups (broad SMARTS) is 1. The molecule has 0 unspecified atom stereocenters. The van der Waals surface area contributed by atoms with Crippen LogP contribution in [0.5, 0.6) is 0 Å². The fourth-order valence-corrected chi connectivity index (χ4v) is 1.61. The van der Waals surface area contributed by atoms with E-state index in [1.54, 1.807) is 6.92 Å². The van der Waals surface area contributed by atoms with Crippen LogP contribution < -0.4 is 0 Å². The Morgan fingerprint density at radius 2 is 2.17 bits per heavy atom. The smallest absolute Gasteiger partial charge is 0.305 e. The molecule has 1 heterocycles. The van der Waals surface area contributed by atoms with Gasteiger partial charge >= 0.3 is 5.97 Å². The molecule has 0 aromatic carbocycles. The van der Waals surface area contributed by atoms with E-state index in [9.17, 15) is 9.59 Å². The van der Waals surface area contributed by atoms with Gasteiger partial charge in [-0.3, -0.25) is 9.59 Å². The molecule has 0 spiro atoms. The quantitative estimate of drug-likeness (QED) is 0.832. The minimum Gasteiger partial charge on any atom is -0.481 e. The number of oxazole rings is 1. The van der Waals surface area contributed by atoms with Crippen molar-refractivity contribution in [2.24, 2.45) is 5.92 Å². The molecule has 0 saturated carbocycles. The molecule has 0 aliphatic carbocycles. The minimum absolute atomic E-state index is 0.0740. The zero-order valence-corrected chi connectivity index (χ0v) is 10.8. The van der Waals surface area contributed by atoms with E-state index in [1.165, 1.54) is 11.3 Å². The largest absolute Gasteiger partial charge is 0.481 e. The topological polar surface area (TPSA) is 83.6 Å². The predicted octanol–water partition coefficient (Wildman–Crippen LogP) is 1.56. The van der Waals surface area contributed by atoms with Crippen LogP contribution in [-0.2, 0) is 4.79 Å². The number of hydrogen-bond acceptors (Lipinski definition) is 4. The maximum atomic E-state index is 12.2. The lowest BCUT2D eigenvalue weighted by Crippen LogP contribution is -2.36. The van der Waals surface area contributed by atoms with Crippen molar-refractivity contribution in [1.82, 2.24) is 9.88 Å². The van der Waals surface area contributed by atoms with E-state index in [4.69, 9.17) is 9.52 Å². The highest BCUT2D eigenvalue weighted by Crippen LogP contribution is 2.11. The van der Waals surface area contributed by atoms with E-state index in [0.29, 0.717) is 12.3 Å². The summed E-state index contributed by atoms with van der Waals surface area (Å²) >= 11 is 0. The van der Waals surface area contributed by atoms with Crippen LogP contribution in [0.1, 0.15) is 36.5 Å². The first-order chi connectivity index (χ1) is 8.41. The molecule has 6 heteroatoms. The Bertz CT molecular complexity index is 425. The van der Waals surface area contributed by atoms with Gasteiger partial charge in [0.15, 0.2) is 12.1 Å². The molecule has 0 aliphatic heterocycles. The fourth-order valence-electron chi connectivity index (χ4n) is 1.61. The summed E-state index contributed by atoms with van der Waals surface area (Å²) in [5, 5.41) is 8.69. The van der Waals surface area contributed by atoms with E-state index in [0.717, 1.165) is 0 Å². The van der Waals surface area contributed by atoms with Gasteiger partial charge in [0.25, 0.3) is 5.91 Å². The van der Waals surface area contributed by atoms with Crippen molar-refractivity contribution in [2.75, 3.05) is 13.1 Å². The molecular weight excluding hydrogens is 236 g/mol. The van der Waals surface area contributed by atoms with E-state index >= 15 is 0 Å². The van der Waals surface area contributed by atoms with Crippen molar-refractivity contribution in [2.45, 2.75) is 27.2 Å². The van der Waals surface area contributed by atoms with E-state index < -0.39 is 5.97 Å². The summed E-state index contributed by atoms with van der Waals surface area (Å²) in [5.74, 6) is -0.497. The van der Waals surface area contributed by atoms with Crippen LogP contribution in [0.2, 0.25) is 0 Å². The molecule has 18 heavy (non-hydrogen) atoms. The molecule has 100 valence electrons. The van der Waals surface area contributed by atoms with Gasteiger partial charge in [-0.1, -0.05) is 13.8 Å². The van der Waals surface area contributed by atoms with Crippen LogP contribution in [0.4, 0.5) is 0 Å². The molecule has 0 fully saturated rings. The Kier molecular flexibility index (Phi) is 4.88. The fraction of sp³-hybridized carbons (Fsp3) is 0.583. The van der Waals surface area contributed by atoms with Crippen molar-refractivity contribution in [3.63, 3.8) is 0 Å². The third kappa shape index (κ3) is 3.87. The van der Waals surface area contributed by atoms with E-state index in [2.05, 4.69) is 4.98 Å². The van der Waals surface area contributed by atoms with Crippen molar-refractivity contribution in [3.8, 4) is 0 Å². The average Bonchev–Trinajstić information content (AvgIpc) is 2.69. The second kappa shape index (κ2) is 6.18. The van der Waals surface area contributed by atoms with Gasteiger partial charge in [0.1, 0.15) is 5.76 Å². The number of carbonyl (C=O) groups excluding carboxylic acids is 1. The highest BCUT2D eigenvalue weighted by atomic mass is 16.4. The van der Waals surface area contributed by atoms with Gasteiger partial charge < -0.3 is 14.4 Å². The molecule has 1 amide bonds. The van der Waals surface area contributed by atoms with Crippen molar-refractivity contribution >= 4 is 11.9 Å². The van der Waals surface area contributed by atoms with Crippen molar-refractivity contribution < 1.29 is 19.1 Å². The van der Waals surface area contributed by atoms with Gasteiger partial charge in [0.2, 0.25) is 0 Å². The molecular formula is C12H18N2O4. The Labute approximate surface area is 106 Å². The number of aryl methyl sites for hydroxylation is 1. The SMILES string of the molecule is Cc1ocnc1C(=O)N(CCC(=O)O)CC(C)C. The number of nitrogens with zero attached hydrogens (tertiary/aromatic N) is 2. The first kappa shape index (κ1) is 14.2.